The van der Waals surface area contributed by atoms with Gasteiger partial charge in [-0.15, -0.1) is 0 Å². The van der Waals surface area contributed by atoms with Gasteiger partial charge in [-0.2, -0.15) is 5.26 Å². The van der Waals surface area contributed by atoms with E-state index in [1.54, 1.807) is 24.3 Å². The Morgan fingerprint density at radius 1 is 0.920 bits per heavy atom. The van der Waals surface area contributed by atoms with Crippen LogP contribution in [-0.4, -0.2) is 5.91 Å². The van der Waals surface area contributed by atoms with E-state index in [2.05, 4.69) is 29.6 Å². The summed E-state index contributed by atoms with van der Waals surface area (Å²) in [5.74, 6) is -0.184. The van der Waals surface area contributed by atoms with Crippen LogP contribution in [0.15, 0.2) is 78.9 Å². The van der Waals surface area contributed by atoms with Crippen molar-refractivity contribution in [3.05, 3.63) is 95.6 Å². The van der Waals surface area contributed by atoms with Crippen LogP contribution < -0.4 is 5.32 Å². The molecule has 0 aromatic heterocycles. The fourth-order valence-corrected chi connectivity index (χ4v) is 2.69. The maximum Gasteiger partial charge on any atom is 0.251 e. The van der Waals surface area contributed by atoms with E-state index in [-0.39, 0.29) is 11.9 Å². The second-order valence-electron chi connectivity index (χ2n) is 5.88. The fourth-order valence-electron chi connectivity index (χ4n) is 2.69. The zero-order valence-electron chi connectivity index (χ0n) is 13.9. The number of hydrogen-bond donors (Lipinski definition) is 1. The molecule has 0 fully saturated rings. The molecular weight excluding hydrogens is 308 g/mol. The Morgan fingerprint density at radius 3 is 2.28 bits per heavy atom. The highest BCUT2D eigenvalue weighted by molar-refractivity contribution is 5.94. The number of nitrogens with zero attached hydrogens (tertiary/aromatic N) is 1. The van der Waals surface area contributed by atoms with E-state index in [1.807, 2.05) is 43.3 Å². The molecule has 3 aromatic carbocycles. The summed E-state index contributed by atoms with van der Waals surface area (Å²) in [6.45, 7) is 1.95. The van der Waals surface area contributed by atoms with Crippen molar-refractivity contribution in [1.82, 2.24) is 5.32 Å². The molecule has 25 heavy (non-hydrogen) atoms. The number of benzene rings is 3. The lowest BCUT2D eigenvalue weighted by Gasteiger charge is -2.15. The minimum absolute atomic E-state index is 0.122. The molecule has 0 aliphatic rings. The van der Waals surface area contributed by atoms with Gasteiger partial charge in [0.2, 0.25) is 0 Å². The average molecular weight is 326 g/mol. The molecule has 0 heterocycles. The van der Waals surface area contributed by atoms with E-state index in [0.717, 1.165) is 11.1 Å². The molecule has 122 valence electrons. The molecule has 3 rings (SSSR count). The maximum absolute atomic E-state index is 12.4. The van der Waals surface area contributed by atoms with Gasteiger partial charge >= 0.3 is 0 Å². The normalized spacial score (nSPS) is 11.4. The number of carbonyl (C=O) groups excluding carboxylic acids is 1. The van der Waals surface area contributed by atoms with E-state index < -0.39 is 0 Å². The third-order valence-electron chi connectivity index (χ3n) is 4.12. The third kappa shape index (κ3) is 3.94. The smallest absolute Gasteiger partial charge is 0.251 e. The Balaban J connectivity index is 1.71. The van der Waals surface area contributed by atoms with E-state index in [0.29, 0.717) is 11.1 Å². The molecule has 1 N–H and O–H groups in total. The summed E-state index contributed by atoms with van der Waals surface area (Å²) >= 11 is 0. The van der Waals surface area contributed by atoms with Gasteiger partial charge in [0, 0.05) is 5.56 Å². The summed E-state index contributed by atoms with van der Waals surface area (Å²) in [5, 5.41) is 11.9. The molecule has 0 radical (unpaired) electrons. The SMILES string of the molecule is CC(NC(=O)c1cccc(C#N)c1)c1ccc(-c2ccccc2)cc1. The van der Waals surface area contributed by atoms with Crippen LogP contribution in [0.3, 0.4) is 0 Å². The van der Waals surface area contributed by atoms with Crippen molar-refractivity contribution in [1.29, 1.82) is 5.26 Å². The molecule has 0 saturated carbocycles. The van der Waals surface area contributed by atoms with Crippen LogP contribution in [0.1, 0.15) is 34.5 Å². The zero-order valence-corrected chi connectivity index (χ0v) is 13.9. The highest BCUT2D eigenvalue weighted by atomic mass is 16.1. The monoisotopic (exact) mass is 326 g/mol. The van der Waals surface area contributed by atoms with Crippen molar-refractivity contribution >= 4 is 5.91 Å². The standard InChI is InChI=1S/C22H18N2O/c1-16(24-22(25)21-9-5-6-17(14-21)15-23)18-10-12-20(13-11-18)19-7-3-2-4-8-19/h2-14,16H,1H3,(H,24,25). The molecule has 3 aromatic rings. The van der Waals surface area contributed by atoms with Gasteiger partial charge in [0.05, 0.1) is 17.7 Å². The van der Waals surface area contributed by atoms with Crippen LogP contribution in [0.2, 0.25) is 0 Å². The van der Waals surface area contributed by atoms with Crippen molar-refractivity contribution in [2.24, 2.45) is 0 Å². The minimum Gasteiger partial charge on any atom is -0.346 e. The highest BCUT2D eigenvalue weighted by Gasteiger charge is 2.12. The van der Waals surface area contributed by atoms with Crippen molar-refractivity contribution in [3.63, 3.8) is 0 Å². The average Bonchev–Trinajstić information content (AvgIpc) is 2.68. The third-order valence-corrected chi connectivity index (χ3v) is 4.12. The quantitative estimate of drug-likeness (QED) is 0.754. The van der Waals surface area contributed by atoms with Gasteiger partial charge < -0.3 is 5.32 Å². The molecule has 1 atom stereocenters. The van der Waals surface area contributed by atoms with Crippen LogP contribution in [0.25, 0.3) is 11.1 Å². The molecule has 0 bridgehead atoms. The minimum atomic E-state index is -0.184. The van der Waals surface area contributed by atoms with Crippen LogP contribution in [0.4, 0.5) is 0 Å². The second kappa shape index (κ2) is 7.46. The predicted molar refractivity (Wildman–Crippen MR) is 98.9 cm³/mol. The topological polar surface area (TPSA) is 52.9 Å². The Bertz CT molecular complexity index is 909. The summed E-state index contributed by atoms with van der Waals surface area (Å²) in [6.07, 6.45) is 0. The Labute approximate surface area is 147 Å². The largest absolute Gasteiger partial charge is 0.346 e. The first-order valence-corrected chi connectivity index (χ1v) is 8.14. The van der Waals surface area contributed by atoms with Crippen LogP contribution in [0, 0.1) is 11.3 Å². The molecule has 1 unspecified atom stereocenters. The Kier molecular flexibility index (Phi) is 4.92. The summed E-state index contributed by atoms with van der Waals surface area (Å²) in [6, 6.07) is 27.0. The van der Waals surface area contributed by atoms with Crippen molar-refractivity contribution in [2.45, 2.75) is 13.0 Å². The molecule has 0 spiro atoms. The first-order valence-electron chi connectivity index (χ1n) is 8.14. The van der Waals surface area contributed by atoms with E-state index in [4.69, 9.17) is 5.26 Å². The first kappa shape index (κ1) is 16.5. The number of rotatable bonds is 4. The molecule has 1 amide bonds. The van der Waals surface area contributed by atoms with E-state index in [9.17, 15) is 4.79 Å². The van der Waals surface area contributed by atoms with Gasteiger partial charge in [-0.25, -0.2) is 0 Å². The molecular formula is C22H18N2O. The van der Waals surface area contributed by atoms with Crippen molar-refractivity contribution in [3.8, 4) is 17.2 Å². The molecule has 0 aliphatic carbocycles. The van der Waals surface area contributed by atoms with Gasteiger partial charge in [-0.3, -0.25) is 4.79 Å². The van der Waals surface area contributed by atoms with Crippen molar-refractivity contribution < 1.29 is 4.79 Å². The lowest BCUT2D eigenvalue weighted by molar-refractivity contribution is 0.0940. The lowest BCUT2D eigenvalue weighted by Crippen LogP contribution is -2.26. The number of nitriles is 1. The predicted octanol–water partition coefficient (Wildman–Crippen LogP) is 4.72. The van der Waals surface area contributed by atoms with E-state index in [1.165, 1.54) is 5.56 Å². The summed E-state index contributed by atoms with van der Waals surface area (Å²) in [4.78, 5) is 12.4. The van der Waals surface area contributed by atoms with Gasteiger partial charge in [0.1, 0.15) is 0 Å². The Hall–Kier alpha value is -3.38. The number of carbonyl (C=O) groups is 1. The number of amides is 1. The maximum atomic E-state index is 12.4. The van der Waals surface area contributed by atoms with Gasteiger partial charge in [0.25, 0.3) is 5.91 Å². The lowest BCUT2D eigenvalue weighted by atomic mass is 10.0. The molecule has 3 heteroatoms. The summed E-state index contributed by atoms with van der Waals surface area (Å²) < 4.78 is 0. The Morgan fingerprint density at radius 2 is 1.60 bits per heavy atom. The van der Waals surface area contributed by atoms with Gasteiger partial charge in [0.15, 0.2) is 0 Å². The van der Waals surface area contributed by atoms with Crippen LogP contribution in [-0.2, 0) is 0 Å². The highest BCUT2D eigenvalue weighted by Crippen LogP contribution is 2.22. The fraction of sp³-hybridized carbons (Fsp3) is 0.0909. The van der Waals surface area contributed by atoms with Gasteiger partial charge in [-0.1, -0.05) is 60.7 Å². The van der Waals surface area contributed by atoms with Crippen LogP contribution >= 0.6 is 0 Å². The van der Waals surface area contributed by atoms with Crippen LogP contribution in [0.5, 0.6) is 0 Å². The first-order chi connectivity index (χ1) is 12.2. The summed E-state index contributed by atoms with van der Waals surface area (Å²) in [5.41, 5.74) is 4.31. The zero-order chi connectivity index (χ0) is 17.6. The molecule has 0 aliphatic heterocycles. The van der Waals surface area contributed by atoms with Gasteiger partial charge in [-0.05, 0) is 41.8 Å². The van der Waals surface area contributed by atoms with E-state index >= 15 is 0 Å². The molecule has 3 nitrogen and oxygen atoms in total. The number of nitrogens with one attached hydrogen (secondary N) is 1. The number of hydrogen-bond acceptors (Lipinski definition) is 2. The molecule has 0 saturated heterocycles. The summed E-state index contributed by atoms with van der Waals surface area (Å²) in [7, 11) is 0. The van der Waals surface area contributed by atoms with Crippen molar-refractivity contribution in [2.75, 3.05) is 0 Å². The second-order valence-corrected chi connectivity index (χ2v) is 5.88.